The molecule has 0 aliphatic carbocycles. The van der Waals surface area contributed by atoms with Crippen LogP contribution >= 0.6 is 0 Å². The molecule has 0 aromatic carbocycles. The first kappa shape index (κ1) is 14.7. The number of piperidine rings is 1. The van der Waals surface area contributed by atoms with E-state index < -0.39 is 0 Å². The topological polar surface area (TPSA) is 79.7 Å². The number of nitrogens with two attached hydrogens (primary N) is 1. The van der Waals surface area contributed by atoms with Crippen LogP contribution in [0.25, 0.3) is 0 Å². The molecule has 112 valence electrons. The van der Waals surface area contributed by atoms with Crippen LogP contribution in [0.3, 0.4) is 0 Å². The van der Waals surface area contributed by atoms with Gasteiger partial charge in [0.15, 0.2) is 5.84 Å². The van der Waals surface area contributed by atoms with E-state index in [4.69, 9.17) is 10.9 Å². The van der Waals surface area contributed by atoms with Crippen molar-refractivity contribution in [2.24, 2.45) is 29.8 Å². The Kier molecular flexibility index (Phi) is 3.92. The summed E-state index contributed by atoms with van der Waals surface area (Å²) in [7, 11) is 1.91. The third-order valence-electron chi connectivity index (χ3n) is 4.43. The van der Waals surface area contributed by atoms with Crippen LogP contribution in [-0.2, 0) is 7.05 Å². The third-order valence-corrected chi connectivity index (χ3v) is 4.43. The van der Waals surface area contributed by atoms with E-state index >= 15 is 0 Å². The van der Waals surface area contributed by atoms with Crippen LogP contribution in [0.5, 0.6) is 0 Å². The molecule has 0 amide bonds. The number of amidine groups is 1. The first-order valence-corrected chi connectivity index (χ1v) is 7.14. The van der Waals surface area contributed by atoms with E-state index in [0.717, 1.165) is 23.6 Å². The molecule has 0 bridgehead atoms. The highest BCUT2D eigenvalue weighted by molar-refractivity contribution is 6.02. The van der Waals surface area contributed by atoms with E-state index in [1.165, 1.54) is 6.42 Å². The van der Waals surface area contributed by atoms with Gasteiger partial charge in [0.2, 0.25) is 0 Å². The highest BCUT2D eigenvalue weighted by Gasteiger charge is 2.33. The molecule has 3 N–H and O–H groups in total. The molecule has 6 heteroatoms. The highest BCUT2D eigenvalue weighted by atomic mass is 16.4. The molecule has 0 spiro atoms. The minimum absolute atomic E-state index is 0.128. The van der Waals surface area contributed by atoms with Gasteiger partial charge in [-0.25, -0.2) is 0 Å². The van der Waals surface area contributed by atoms with E-state index in [1.807, 2.05) is 18.7 Å². The molecule has 20 heavy (non-hydrogen) atoms. The van der Waals surface area contributed by atoms with Crippen LogP contribution < -0.4 is 10.6 Å². The second kappa shape index (κ2) is 5.34. The van der Waals surface area contributed by atoms with Gasteiger partial charge >= 0.3 is 0 Å². The van der Waals surface area contributed by atoms with Crippen molar-refractivity contribution in [2.75, 3.05) is 11.4 Å². The Labute approximate surface area is 120 Å². The fraction of sp³-hybridized carbons (Fsp3) is 0.714. The number of hydrogen-bond donors (Lipinski definition) is 2. The fourth-order valence-electron chi connectivity index (χ4n) is 3.32. The Morgan fingerprint density at radius 2 is 2.05 bits per heavy atom. The second-order valence-corrected chi connectivity index (χ2v) is 6.10. The van der Waals surface area contributed by atoms with Crippen molar-refractivity contribution in [3.63, 3.8) is 0 Å². The lowest BCUT2D eigenvalue weighted by Crippen LogP contribution is -2.47. The van der Waals surface area contributed by atoms with Gasteiger partial charge in [0.1, 0.15) is 5.82 Å². The van der Waals surface area contributed by atoms with Crippen LogP contribution in [0.15, 0.2) is 5.16 Å². The summed E-state index contributed by atoms with van der Waals surface area (Å²) in [5.74, 6) is 2.30. The van der Waals surface area contributed by atoms with Gasteiger partial charge in [-0.2, -0.15) is 5.10 Å². The van der Waals surface area contributed by atoms with Gasteiger partial charge < -0.3 is 15.8 Å². The minimum atomic E-state index is 0.128. The maximum atomic E-state index is 9.02. The van der Waals surface area contributed by atoms with E-state index in [2.05, 4.69) is 35.9 Å². The van der Waals surface area contributed by atoms with Crippen molar-refractivity contribution in [2.45, 2.75) is 40.2 Å². The summed E-state index contributed by atoms with van der Waals surface area (Å²) >= 11 is 0. The normalized spacial score (nSPS) is 27.9. The Morgan fingerprint density at radius 3 is 2.65 bits per heavy atom. The number of aryl methyl sites for hydroxylation is 2. The van der Waals surface area contributed by atoms with Crippen molar-refractivity contribution in [3.05, 3.63) is 11.3 Å². The molecule has 1 aliphatic rings. The third kappa shape index (κ3) is 2.34. The Bertz CT molecular complexity index is 522. The second-order valence-electron chi connectivity index (χ2n) is 6.10. The van der Waals surface area contributed by atoms with Crippen LogP contribution in [0.1, 0.15) is 38.4 Å². The number of anilines is 1. The molecule has 1 aromatic rings. The standard InChI is InChI=1S/C14H25N5O/c1-8-6-9(2)11(4)19(7-8)14-12(13(15)17-20)10(3)16-18(14)5/h8-9,11,20H,6-7H2,1-5H3,(H2,15,17). The first-order chi connectivity index (χ1) is 9.36. The van der Waals surface area contributed by atoms with Crippen LogP contribution in [0.4, 0.5) is 5.82 Å². The van der Waals surface area contributed by atoms with Crippen LogP contribution in [-0.4, -0.2) is 33.4 Å². The lowest BCUT2D eigenvalue weighted by molar-refractivity contribution is 0.293. The largest absolute Gasteiger partial charge is 0.409 e. The number of aromatic nitrogens is 2. The summed E-state index contributed by atoms with van der Waals surface area (Å²) in [5, 5.41) is 16.6. The number of hydrogen-bond acceptors (Lipinski definition) is 4. The predicted molar refractivity (Wildman–Crippen MR) is 80.2 cm³/mol. The molecule has 0 saturated carbocycles. The lowest BCUT2D eigenvalue weighted by Gasteiger charge is -2.42. The SMILES string of the molecule is Cc1nn(C)c(N2CC(C)CC(C)C2C)c1C(N)=NO. The molecule has 1 fully saturated rings. The van der Waals surface area contributed by atoms with Crippen molar-refractivity contribution in [3.8, 4) is 0 Å². The summed E-state index contributed by atoms with van der Waals surface area (Å²) in [5.41, 5.74) is 7.38. The maximum absolute atomic E-state index is 9.02. The molecule has 0 radical (unpaired) electrons. The van der Waals surface area contributed by atoms with Gasteiger partial charge in [-0.3, -0.25) is 4.68 Å². The summed E-state index contributed by atoms with van der Waals surface area (Å²) < 4.78 is 1.84. The summed E-state index contributed by atoms with van der Waals surface area (Å²) in [6.07, 6.45) is 1.23. The molecule has 1 aliphatic heterocycles. The molecule has 1 saturated heterocycles. The quantitative estimate of drug-likeness (QED) is 0.374. The molecule has 2 heterocycles. The van der Waals surface area contributed by atoms with E-state index in [0.29, 0.717) is 17.9 Å². The zero-order valence-corrected chi connectivity index (χ0v) is 13.0. The first-order valence-electron chi connectivity index (χ1n) is 7.14. The van der Waals surface area contributed by atoms with E-state index in [1.54, 1.807) is 0 Å². The smallest absolute Gasteiger partial charge is 0.175 e. The van der Waals surface area contributed by atoms with E-state index in [9.17, 15) is 0 Å². The predicted octanol–water partition coefficient (Wildman–Crippen LogP) is 1.69. The van der Waals surface area contributed by atoms with Gasteiger partial charge in [-0.1, -0.05) is 19.0 Å². The number of rotatable bonds is 2. The molecule has 2 rings (SSSR count). The zero-order chi connectivity index (χ0) is 15.0. The molecule has 6 nitrogen and oxygen atoms in total. The van der Waals surface area contributed by atoms with Gasteiger partial charge in [0.25, 0.3) is 0 Å². The van der Waals surface area contributed by atoms with E-state index in [-0.39, 0.29) is 5.84 Å². The Morgan fingerprint density at radius 1 is 1.40 bits per heavy atom. The van der Waals surface area contributed by atoms with Gasteiger partial charge in [0.05, 0.1) is 11.3 Å². The van der Waals surface area contributed by atoms with Crippen LogP contribution in [0.2, 0.25) is 0 Å². The van der Waals surface area contributed by atoms with Gasteiger partial charge in [-0.15, -0.1) is 0 Å². The summed E-state index contributed by atoms with van der Waals surface area (Å²) in [4.78, 5) is 2.34. The van der Waals surface area contributed by atoms with Crippen LogP contribution in [0, 0.1) is 18.8 Å². The minimum Gasteiger partial charge on any atom is -0.409 e. The average Bonchev–Trinajstić information content (AvgIpc) is 2.67. The van der Waals surface area contributed by atoms with Gasteiger partial charge in [0, 0.05) is 19.6 Å². The Balaban J connectivity index is 2.51. The van der Waals surface area contributed by atoms with Crippen molar-refractivity contribution >= 4 is 11.7 Å². The highest BCUT2D eigenvalue weighted by Crippen LogP contribution is 2.33. The Hall–Kier alpha value is -1.72. The maximum Gasteiger partial charge on any atom is 0.175 e. The number of nitrogens with zero attached hydrogens (tertiary/aromatic N) is 4. The van der Waals surface area contributed by atoms with Gasteiger partial charge in [-0.05, 0) is 32.1 Å². The number of oxime groups is 1. The van der Waals surface area contributed by atoms with Crippen molar-refractivity contribution in [1.29, 1.82) is 0 Å². The zero-order valence-electron chi connectivity index (χ0n) is 13.0. The molecular formula is C14H25N5O. The molecule has 1 aromatic heterocycles. The summed E-state index contributed by atoms with van der Waals surface area (Å²) in [6, 6.07) is 0.409. The van der Waals surface area contributed by atoms with Crippen molar-refractivity contribution < 1.29 is 5.21 Å². The fourth-order valence-corrected chi connectivity index (χ4v) is 3.32. The molecule has 3 atom stereocenters. The monoisotopic (exact) mass is 279 g/mol. The van der Waals surface area contributed by atoms with Crippen molar-refractivity contribution in [1.82, 2.24) is 9.78 Å². The average molecular weight is 279 g/mol. The lowest BCUT2D eigenvalue weighted by atomic mass is 9.86. The molecule has 3 unspecified atom stereocenters. The molecular weight excluding hydrogens is 254 g/mol. The summed E-state index contributed by atoms with van der Waals surface area (Å²) in [6.45, 7) is 9.63.